The van der Waals surface area contributed by atoms with Crippen molar-refractivity contribution in [3.8, 4) is 16.9 Å². The lowest BCUT2D eigenvalue weighted by Gasteiger charge is -2.10. The molecular formula is C16H17Cl2NO. The lowest BCUT2D eigenvalue weighted by Crippen LogP contribution is -2.11. The van der Waals surface area contributed by atoms with Crippen LogP contribution in [-0.2, 0) is 6.54 Å². The van der Waals surface area contributed by atoms with Gasteiger partial charge in [-0.15, -0.1) is 0 Å². The quantitative estimate of drug-likeness (QED) is 0.858. The van der Waals surface area contributed by atoms with Crippen molar-refractivity contribution in [2.45, 2.75) is 13.5 Å². The van der Waals surface area contributed by atoms with Crippen LogP contribution in [0.5, 0.6) is 5.75 Å². The summed E-state index contributed by atoms with van der Waals surface area (Å²) in [6, 6.07) is 11.8. The van der Waals surface area contributed by atoms with E-state index >= 15 is 0 Å². The molecule has 0 aliphatic carbocycles. The molecule has 0 atom stereocenters. The van der Waals surface area contributed by atoms with E-state index in [-0.39, 0.29) is 0 Å². The maximum absolute atomic E-state index is 6.32. The summed E-state index contributed by atoms with van der Waals surface area (Å²) < 4.78 is 5.17. The number of nitrogens with one attached hydrogen (secondary N) is 1. The number of rotatable bonds is 5. The Hall–Kier alpha value is -1.22. The molecule has 4 heteroatoms. The first-order valence-corrected chi connectivity index (χ1v) is 7.24. The van der Waals surface area contributed by atoms with Gasteiger partial charge in [0, 0.05) is 18.2 Å². The highest BCUT2D eigenvalue weighted by molar-refractivity contribution is 6.36. The Bertz CT molecular complexity index is 599. The number of hydrogen-bond acceptors (Lipinski definition) is 2. The van der Waals surface area contributed by atoms with E-state index in [2.05, 4.69) is 24.4 Å². The zero-order valence-corrected chi connectivity index (χ0v) is 13.1. The molecule has 0 unspecified atom stereocenters. The first kappa shape index (κ1) is 15.2. The molecule has 2 nitrogen and oxygen atoms in total. The molecule has 0 saturated heterocycles. The maximum atomic E-state index is 6.32. The molecule has 0 aliphatic heterocycles. The van der Waals surface area contributed by atoms with Gasteiger partial charge in [0.25, 0.3) is 0 Å². The number of methoxy groups -OCH3 is 1. The average Bonchev–Trinajstić information content (AvgIpc) is 2.47. The first-order valence-electron chi connectivity index (χ1n) is 6.48. The third-order valence-corrected chi connectivity index (χ3v) is 3.67. The number of hydrogen-bond donors (Lipinski definition) is 1. The maximum Gasteiger partial charge on any atom is 0.138 e. The Morgan fingerprint density at radius 1 is 1.10 bits per heavy atom. The van der Waals surface area contributed by atoms with E-state index in [1.165, 1.54) is 5.56 Å². The van der Waals surface area contributed by atoms with Crippen LogP contribution in [0.2, 0.25) is 10.0 Å². The van der Waals surface area contributed by atoms with E-state index in [9.17, 15) is 0 Å². The van der Waals surface area contributed by atoms with Crippen molar-refractivity contribution in [3.05, 3.63) is 52.0 Å². The van der Waals surface area contributed by atoms with E-state index in [0.717, 1.165) is 24.2 Å². The molecule has 0 amide bonds. The third kappa shape index (κ3) is 3.45. The molecule has 0 bridgehead atoms. The van der Waals surface area contributed by atoms with Crippen LogP contribution in [0.3, 0.4) is 0 Å². The molecule has 0 heterocycles. The summed E-state index contributed by atoms with van der Waals surface area (Å²) >= 11 is 12.5. The third-order valence-electron chi connectivity index (χ3n) is 3.06. The highest BCUT2D eigenvalue weighted by Gasteiger charge is 2.10. The van der Waals surface area contributed by atoms with Crippen molar-refractivity contribution in [2.75, 3.05) is 13.7 Å². The molecule has 2 aromatic rings. The van der Waals surface area contributed by atoms with Crippen LogP contribution in [0.15, 0.2) is 36.4 Å². The summed E-state index contributed by atoms with van der Waals surface area (Å²) in [6.07, 6.45) is 0. The first-order chi connectivity index (χ1) is 9.65. The van der Waals surface area contributed by atoms with Gasteiger partial charge in [-0.25, -0.2) is 0 Å². The SMILES string of the molecule is CCNCc1cccc(-c2cc(Cl)c(OC)cc2Cl)c1. The summed E-state index contributed by atoms with van der Waals surface area (Å²) in [5, 5.41) is 4.50. The molecule has 20 heavy (non-hydrogen) atoms. The minimum Gasteiger partial charge on any atom is -0.495 e. The van der Waals surface area contributed by atoms with Crippen molar-refractivity contribution < 1.29 is 4.74 Å². The average molecular weight is 310 g/mol. The summed E-state index contributed by atoms with van der Waals surface area (Å²) in [5.41, 5.74) is 3.18. The van der Waals surface area contributed by atoms with Crippen LogP contribution in [0, 0.1) is 0 Å². The van der Waals surface area contributed by atoms with E-state index in [1.807, 2.05) is 18.2 Å². The molecule has 106 valence electrons. The van der Waals surface area contributed by atoms with Gasteiger partial charge in [0.05, 0.1) is 17.2 Å². The summed E-state index contributed by atoms with van der Waals surface area (Å²) in [6.45, 7) is 3.87. The van der Waals surface area contributed by atoms with Crippen LogP contribution in [0.4, 0.5) is 0 Å². The molecule has 0 aliphatic rings. The Kier molecular flexibility index (Phi) is 5.30. The number of benzene rings is 2. The fourth-order valence-corrected chi connectivity index (χ4v) is 2.53. The Labute approximate surface area is 129 Å². The number of halogens is 2. The van der Waals surface area contributed by atoms with Crippen molar-refractivity contribution in [1.29, 1.82) is 0 Å². The zero-order chi connectivity index (χ0) is 14.5. The van der Waals surface area contributed by atoms with Gasteiger partial charge in [-0.05, 0) is 29.8 Å². The molecule has 0 saturated carbocycles. The molecule has 1 N–H and O–H groups in total. The molecular weight excluding hydrogens is 293 g/mol. The van der Waals surface area contributed by atoms with Gasteiger partial charge in [0.2, 0.25) is 0 Å². The zero-order valence-electron chi connectivity index (χ0n) is 11.5. The van der Waals surface area contributed by atoms with Crippen LogP contribution in [0.1, 0.15) is 12.5 Å². The molecule has 2 rings (SSSR count). The Balaban J connectivity index is 2.38. The summed E-state index contributed by atoms with van der Waals surface area (Å²) in [5.74, 6) is 0.587. The molecule has 2 aromatic carbocycles. The lowest BCUT2D eigenvalue weighted by molar-refractivity contribution is 0.415. The number of ether oxygens (including phenoxy) is 1. The second kappa shape index (κ2) is 6.98. The fourth-order valence-electron chi connectivity index (χ4n) is 2.02. The molecule has 0 spiro atoms. The molecule has 0 radical (unpaired) electrons. The van der Waals surface area contributed by atoms with Crippen LogP contribution in [0.25, 0.3) is 11.1 Å². The van der Waals surface area contributed by atoms with Gasteiger partial charge in [0.15, 0.2) is 0 Å². The summed E-state index contributed by atoms with van der Waals surface area (Å²) in [4.78, 5) is 0. The predicted octanol–water partition coefficient (Wildman–Crippen LogP) is 4.78. The van der Waals surface area contributed by atoms with Gasteiger partial charge in [0.1, 0.15) is 5.75 Å². The Morgan fingerprint density at radius 3 is 2.60 bits per heavy atom. The highest BCUT2D eigenvalue weighted by Crippen LogP contribution is 2.36. The van der Waals surface area contributed by atoms with Crippen molar-refractivity contribution in [2.24, 2.45) is 0 Å². The lowest BCUT2D eigenvalue weighted by atomic mass is 10.0. The summed E-state index contributed by atoms with van der Waals surface area (Å²) in [7, 11) is 1.58. The monoisotopic (exact) mass is 309 g/mol. The normalized spacial score (nSPS) is 10.6. The van der Waals surface area contributed by atoms with E-state index in [0.29, 0.717) is 15.8 Å². The van der Waals surface area contributed by atoms with E-state index < -0.39 is 0 Å². The van der Waals surface area contributed by atoms with Crippen molar-refractivity contribution >= 4 is 23.2 Å². The van der Waals surface area contributed by atoms with Gasteiger partial charge in [-0.3, -0.25) is 0 Å². The Morgan fingerprint density at radius 2 is 1.90 bits per heavy atom. The van der Waals surface area contributed by atoms with Crippen LogP contribution in [-0.4, -0.2) is 13.7 Å². The largest absolute Gasteiger partial charge is 0.495 e. The second-order valence-electron chi connectivity index (χ2n) is 4.45. The topological polar surface area (TPSA) is 21.3 Å². The van der Waals surface area contributed by atoms with Gasteiger partial charge >= 0.3 is 0 Å². The van der Waals surface area contributed by atoms with Gasteiger partial charge < -0.3 is 10.1 Å². The van der Waals surface area contributed by atoms with Crippen LogP contribution < -0.4 is 10.1 Å². The fraction of sp³-hybridized carbons (Fsp3) is 0.250. The minimum atomic E-state index is 0.559. The van der Waals surface area contributed by atoms with Crippen molar-refractivity contribution in [1.82, 2.24) is 5.32 Å². The van der Waals surface area contributed by atoms with Crippen LogP contribution >= 0.6 is 23.2 Å². The van der Waals surface area contributed by atoms with E-state index in [1.54, 1.807) is 13.2 Å². The van der Waals surface area contributed by atoms with Crippen molar-refractivity contribution in [3.63, 3.8) is 0 Å². The predicted molar refractivity (Wildman–Crippen MR) is 85.8 cm³/mol. The standard InChI is InChI=1S/C16H17Cl2NO/c1-3-19-10-11-5-4-6-12(7-11)13-8-15(18)16(20-2)9-14(13)17/h4-9,19H,3,10H2,1-2H3. The molecule has 0 fully saturated rings. The highest BCUT2D eigenvalue weighted by atomic mass is 35.5. The van der Waals surface area contributed by atoms with E-state index in [4.69, 9.17) is 27.9 Å². The molecule has 0 aromatic heterocycles. The second-order valence-corrected chi connectivity index (χ2v) is 5.26. The van der Waals surface area contributed by atoms with Gasteiger partial charge in [-0.1, -0.05) is 48.3 Å². The smallest absolute Gasteiger partial charge is 0.138 e. The minimum absolute atomic E-state index is 0.559. The van der Waals surface area contributed by atoms with Gasteiger partial charge in [-0.2, -0.15) is 0 Å².